The van der Waals surface area contributed by atoms with Gasteiger partial charge in [-0.25, -0.2) is 4.79 Å². The minimum atomic E-state index is -0.918. The van der Waals surface area contributed by atoms with E-state index in [1.165, 1.54) is 11.6 Å². The third-order valence-electron chi connectivity index (χ3n) is 7.20. The molecule has 0 amide bonds. The highest BCUT2D eigenvalue weighted by molar-refractivity contribution is 5.80. The molecule has 0 bridgehead atoms. The van der Waals surface area contributed by atoms with Gasteiger partial charge in [-0.15, -0.1) is 0 Å². The van der Waals surface area contributed by atoms with Gasteiger partial charge >= 0.3 is 5.97 Å². The molecule has 3 nitrogen and oxygen atoms in total. The first-order valence-corrected chi connectivity index (χ1v) is 10.6. The Labute approximate surface area is 165 Å². The van der Waals surface area contributed by atoms with Crippen LogP contribution < -0.4 is 0 Å². The lowest BCUT2D eigenvalue weighted by Crippen LogP contribution is -2.55. The van der Waals surface area contributed by atoms with Crippen LogP contribution in [0.2, 0.25) is 0 Å². The van der Waals surface area contributed by atoms with Gasteiger partial charge in [0.1, 0.15) is 0 Å². The predicted molar refractivity (Wildman–Crippen MR) is 111 cm³/mol. The first-order valence-electron chi connectivity index (χ1n) is 10.6. The number of rotatable bonds is 6. The summed E-state index contributed by atoms with van der Waals surface area (Å²) in [4.78, 5) is 10.8. The number of hydrogen-bond acceptors (Lipinski definition) is 2. The number of carbonyl (C=O) groups is 1. The molecular formula is C24H38O3. The average molecular weight is 375 g/mol. The van der Waals surface area contributed by atoms with E-state index in [-0.39, 0.29) is 11.5 Å². The second kappa shape index (κ2) is 9.23. The zero-order chi connectivity index (χ0) is 20.2. The van der Waals surface area contributed by atoms with Gasteiger partial charge < -0.3 is 10.2 Å². The number of allylic oxidation sites excluding steroid dienone is 5. The van der Waals surface area contributed by atoms with E-state index < -0.39 is 5.97 Å². The number of carboxylic acids is 1. The van der Waals surface area contributed by atoms with Crippen molar-refractivity contribution in [3.63, 3.8) is 0 Å². The van der Waals surface area contributed by atoms with Crippen LogP contribution in [0.5, 0.6) is 0 Å². The SMILES string of the molecule is CCC/C=C(\C)[C@H]1[C@@H](/C=C/C=C/C(=O)O)[C@@H]2[C@@H](C)CC[C@H](O)[C@]2(C)C[C@@H]1C. The van der Waals surface area contributed by atoms with E-state index in [9.17, 15) is 9.90 Å². The smallest absolute Gasteiger partial charge is 0.328 e. The molecule has 0 heterocycles. The summed E-state index contributed by atoms with van der Waals surface area (Å²) in [5.41, 5.74) is 1.39. The molecule has 27 heavy (non-hydrogen) atoms. The molecule has 2 fully saturated rings. The molecule has 2 rings (SSSR count). The van der Waals surface area contributed by atoms with Crippen molar-refractivity contribution in [2.45, 2.75) is 72.8 Å². The van der Waals surface area contributed by atoms with Crippen LogP contribution in [0, 0.1) is 35.0 Å². The summed E-state index contributed by atoms with van der Waals surface area (Å²) < 4.78 is 0. The van der Waals surface area contributed by atoms with E-state index in [0.717, 1.165) is 32.1 Å². The largest absolute Gasteiger partial charge is 0.478 e. The predicted octanol–water partition coefficient (Wildman–Crippen LogP) is 5.62. The molecule has 0 aromatic rings. The number of hydrogen-bond donors (Lipinski definition) is 2. The Hall–Kier alpha value is -1.35. The van der Waals surface area contributed by atoms with E-state index in [1.54, 1.807) is 6.08 Å². The Balaban J connectivity index is 2.44. The van der Waals surface area contributed by atoms with Crippen molar-refractivity contribution < 1.29 is 15.0 Å². The maximum atomic E-state index is 10.9. The van der Waals surface area contributed by atoms with E-state index >= 15 is 0 Å². The van der Waals surface area contributed by atoms with Gasteiger partial charge in [0.15, 0.2) is 0 Å². The molecule has 7 atom stereocenters. The van der Waals surface area contributed by atoms with Crippen molar-refractivity contribution in [2.75, 3.05) is 0 Å². The zero-order valence-electron chi connectivity index (χ0n) is 17.7. The highest BCUT2D eigenvalue weighted by atomic mass is 16.4. The molecule has 2 aliphatic carbocycles. The van der Waals surface area contributed by atoms with Crippen molar-refractivity contribution >= 4 is 5.97 Å². The molecule has 0 aliphatic heterocycles. The summed E-state index contributed by atoms with van der Waals surface area (Å²) >= 11 is 0. The van der Waals surface area contributed by atoms with Gasteiger partial charge in [-0.1, -0.05) is 64.0 Å². The number of aliphatic hydroxyl groups is 1. The van der Waals surface area contributed by atoms with Crippen molar-refractivity contribution in [3.8, 4) is 0 Å². The summed E-state index contributed by atoms with van der Waals surface area (Å²) in [6.07, 6.45) is 14.4. The van der Waals surface area contributed by atoms with Crippen LogP contribution in [0.15, 0.2) is 36.0 Å². The number of unbranched alkanes of at least 4 members (excludes halogenated alkanes) is 1. The third-order valence-corrected chi connectivity index (χ3v) is 7.20. The molecule has 0 unspecified atom stereocenters. The summed E-state index contributed by atoms with van der Waals surface area (Å²) in [6.45, 7) is 11.4. The molecule has 0 saturated heterocycles. The lowest BCUT2D eigenvalue weighted by atomic mass is 9.47. The van der Waals surface area contributed by atoms with Crippen LogP contribution in [0.1, 0.15) is 66.7 Å². The standard InChI is InChI=1S/C24H38O3/c1-6-7-10-16(2)22-18(4)15-24(5)20(25)14-13-17(3)23(24)19(22)11-8-9-12-21(26)27/h8-12,17-20,22-23,25H,6-7,13-15H2,1-5H3,(H,26,27)/b11-8+,12-9+,16-10+/t17-,18-,19+,20-,22+,23-,24-/m0/s1. The monoisotopic (exact) mass is 374 g/mol. The van der Waals surface area contributed by atoms with Crippen molar-refractivity contribution in [1.82, 2.24) is 0 Å². The van der Waals surface area contributed by atoms with Crippen molar-refractivity contribution in [1.29, 1.82) is 0 Å². The molecule has 0 aromatic carbocycles. The minimum absolute atomic E-state index is 0.0653. The van der Waals surface area contributed by atoms with E-state index in [1.807, 2.05) is 6.08 Å². The number of aliphatic carboxylic acids is 1. The Morgan fingerprint density at radius 2 is 1.89 bits per heavy atom. The van der Waals surface area contributed by atoms with Gasteiger partial charge in [0.05, 0.1) is 6.10 Å². The topological polar surface area (TPSA) is 57.5 Å². The fraction of sp³-hybridized carbons (Fsp3) is 0.708. The average Bonchev–Trinajstić information content (AvgIpc) is 2.59. The molecular weight excluding hydrogens is 336 g/mol. The second-order valence-electron chi connectivity index (χ2n) is 9.21. The Kier molecular flexibility index (Phi) is 7.50. The van der Waals surface area contributed by atoms with E-state index in [4.69, 9.17) is 5.11 Å². The Bertz CT molecular complexity index is 603. The normalized spacial score (nSPS) is 40.4. The van der Waals surface area contributed by atoms with Crippen molar-refractivity contribution in [2.24, 2.45) is 35.0 Å². The Morgan fingerprint density at radius 3 is 2.52 bits per heavy atom. The lowest BCUT2D eigenvalue weighted by Gasteiger charge is -2.58. The summed E-state index contributed by atoms with van der Waals surface area (Å²) in [5, 5.41) is 19.8. The van der Waals surface area contributed by atoms with E-state index in [2.05, 4.69) is 46.8 Å². The Morgan fingerprint density at radius 1 is 1.19 bits per heavy atom. The molecule has 152 valence electrons. The van der Waals surface area contributed by atoms with Crippen LogP contribution in [0.25, 0.3) is 0 Å². The van der Waals surface area contributed by atoms with E-state index in [0.29, 0.717) is 29.6 Å². The first-order chi connectivity index (χ1) is 12.7. The van der Waals surface area contributed by atoms with Gasteiger partial charge in [-0.05, 0) is 67.6 Å². The number of carboxylic acid groups (broad SMARTS) is 1. The highest BCUT2D eigenvalue weighted by Gasteiger charge is 2.55. The van der Waals surface area contributed by atoms with Gasteiger partial charge in [0.2, 0.25) is 0 Å². The first kappa shape index (κ1) is 21.9. The van der Waals surface area contributed by atoms with Gasteiger partial charge in [-0.2, -0.15) is 0 Å². The van der Waals surface area contributed by atoms with Crippen LogP contribution in [0.3, 0.4) is 0 Å². The van der Waals surface area contributed by atoms with Crippen LogP contribution >= 0.6 is 0 Å². The van der Waals surface area contributed by atoms with Gasteiger partial charge in [-0.3, -0.25) is 0 Å². The minimum Gasteiger partial charge on any atom is -0.478 e. The zero-order valence-corrected chi connectivity index (χ0v) is 17.7. The second-order valence-corrected chi connectivity index (χ2v) is 9.21. The third kappa shape index (κ3) is 4.74. The van der Waals surface area contributed by atoms with Crippen LogP contribution in [-0.2, 0) is 4.79 Å². The van der Waals surface area contributed by atoms with Gasteiger partial charge in [0.25, 0.3) is 0 Å². The molecule has 0 spiro atoms. The molecule has 2 N–H and O–H groups in total. The molecule has 0 aromatic heterocycles. The molecule has 0 radical (unpaired) electrons. The fourth-order valence-electron chi connectivity index (χ4n) is 6.15. The molecule has 3 heteroatoms. The summed E-state index contributed by atoms with van der Waals surface area (Å²) in [6, 6.07) is 0. The van der Waals surface area contributed by atoms with Gasteiger partial charge in [0, 0.05) is 6.08 Å². The number of aliphatic hydroxyl groups excluding tert-OH is 1. The maximum Gasteiger partial charge on any atom is 0.328 e. The molecule has 2 saturated carbocycles. The summed E-state index contributed by atoms with van der Waals surface area (Å²) in [5.74, 6) is 1.34. The van der Waals surface area contributed by atoms with Crippen LogP contribution in [-0.4, -0.2) is 22.3 Å². The number of fused-ring (bicyclic) bond motifs is 1. The fourth-order valence-corrected chi connectivity index (χ4v) is 6.15. The highest BCUT2D eigenvalue weighted by Crippen LogP contribution is 2.59. The summed E-state index contributed by atoms with van der Waals surface area (Å²) in [7, 11) is 0. The van der Waals surface area contributed by atoms with Crippen molar-refractivity contribution in [3.05, 3.63) is 36.0 Å². The maximum absolute atomic E-state index is 10.9. The lowest BCUT2D eigenvalue weighted by molar-refractivity contribution is -0.131. The quantitative estimate of drug-likeness (QED) is 0.361. The van der Waals surface area contributed by atoms with Crippen LogP contribution in [0.4, 0.5) is 0 Å². The molecule has 2 aliphatic rings.